The summed E-state index contributed by atoms with van der Waals surface area (Å²) in [7, 11) is -2.92. The van der Waals surface area contributed by atoms with Crippen LogP contribution in [0.15, 0.2) is 219 Å². The highest BCUT2D eigenvalue weighted by atomic mass is 28.3. The molecule has 5 heteroatoms. The summed E-state index contributed by atoms with van der Waals surface area (Å²) in [5, 5.41) is 10.1. The predicted octanol–water partition coefficient (Wildman–Crippen LogP) is 9.72. The molecule has 0 N–H and O–H groups in total. The molecular weight excluding hydrogens is 709 g/mol. The Bertz CT molecular complexity index is 3190. The van der Waals surface area contributed by atoms with Gasteiger partial charge in [0, 0.05) is 50.9 Å². The molecule has 4 aromatic heterocycles. The van der Waals surface area contributed by atoms with E-state index in [2.05, 4.69) is 209 Å². The maximum absolute atomic E-state index is 5.12. The number of benzene rings is 7. The van der Waals surface area contributed by atoms with Gasteiger partial charge in [0.2, 0.25) is 0 Å². The van der Waals surface area contributed by atoms with Gasteiger partial charge in [0.1, 0.15) is 5.65 Å². The van der Waals surface area contributed by atoms with Crippen molar-refractivity contribution < 1.29 is 0 Å². The zero-order valence-electron chi connectivity index (χ0n) is 31.1. The minimum absolute atomic E-state index is 0.942. The molecule has 0 aliphatic carbocycles. The van der Waals surface area contributed by atoms with Gasteiger partial charge >= 0.3 is 0 Å². The first-order chi connectivity index (χ1) is 28.3. The monoisotopic (exact) mass is 744 g/mol. The Balaban J connectivity index is 1.21. The van der Waals surface area contributed by atoms with E-state index in [1.54, 1.807) is 0 Å². The van der Waals surface area contributed by atoms with Crippen molar-refractivity contribution in [3.8, 4) is 22.6 Å². The molecule has 0 atom stereocenters. The van der Waals surface area contributed by atoms with Crippen LogP contribution >= 0.6 is 0 Å². The Morgan fingerprint density at radius 2 is 0.912 bits per heavy atom. The summed E-state index contributed by atoms with van der Waals surface area (Å²) >= 11 is 0. The second-order valence-electron chi connectivity index (χ2n) is 14.6. The SMILES string of the molecule is c1ccc(-n2c3ccccc3c3c4c5cccnc5n(-c5cccc([Si](c6ccccc6)(c6ccccc6)c6cccc(-c7ccccn7)c6)c5)c4ccc32)cc1. The lowest BCUT2D eigenvalue weighted by molar-refractivity contribution is 1.14. The normalized spacial score (nSPS) is 11.9. The number of hydrogen-bond donors (Lipinski definition) is 0. The van der Waals surface area contributed by atoms with Crippen LogP contribution in [0.5, 0.6) is 0 Å². The fourth-order valence-corrected chi connectivity index (χ4v) is 14.0. The van der Waals surface area contributed by atoms with Crippen molar-refractivity contribution in [1.82, 2.24) is 19.1 Å². The molecule has 4 heterocycles. The zero-order chi connectivity index (χ0) is 37.8. The van der Waals surface area contributed by atoms with E-state index >= 15 is 0 Å². The van der Waals surface area contributed by atoms with E-state index in [-0.39, 0.29) is 0 Å². The third-order valence-electron chi connectivity index (χ3n) is 11.5. The van der Waals surface area contributed by atoms with E-state index in [1.165, 1.54) is 47.9 Å². The smallest absolute Gasteiger partial charge is 0.179 e. The van der Waals surface area contributed by atoms with Crippen molar-refractivity contribution in [3.05, 3.63) is 219 Å². The molecular formula is C52H36N4Si. The fourth-order valence-electron chi connectivity index (χ4n) is 9.21. The summed E-state index contributed by atoms with van der Waals surface area (Å²) in [5.74, 6) is 0. The third kappa shape index (κ3) is 5.13. The topological polar surface area (TPSA) is 35.6 Å². The predicted molar refractivity (Wildman–Crippen MR) is 240 cm³/mol. The minimum Gasteiger partial charge on any atom is -0.309 e. The van der Waals surface area contributed by atoms with Gasteiger partial charge in [0.05, 0.1) is 22.2 Å². The van der Waals surface area contributed by atoms with Gasteiger partial charge in [-0.25, -0.2) is 4.98 Å². The van der Waals surface area contributed by atoms with Crippen LogP contribution in [0.3, 0.4) is 0 Å². The molecule has 4 nitrogen and oxygen atoms in total. The lowest BCUT2D eigenvalue weighted by atomic mass is 10.1. The molecule has 0 unspecified atom stereocenters. The number of pyridine rings is 2. The standard InChI is InChI=1S/C52H36N4Si/c1-4-18-38(19-5-1)55-47-30-11-10-27-44(47)50-48(55)31-32-49-51(50)45-28-16-34-54-52(45)56(49)39-20-15-26-43(36-39)57(40-21-6-2-7-22-40,41-23-8-3-9-24-41)42-25-14-17-37(35-42)46-29-12-13-33-53-46/h1-36H. The molecule has 0 radical (unpaired) electrons. The van der Waals surface area contributed by atoms with Gasteiger partial charge < -0.3 is 4.57 Å². The number of hydrogen-bond acceptors (Lipinski definition) is 2. The number of nitrogens with zero attached hydrogens (tertiary/aromatic N) is 4. The van der Waals surface area contributed by atoms with Crippen LogP contribution in [-0.2, 0) is 0 Å². The molecule has 0 aliphatic heterocycles. The van der Waals surface area contributed by atoms with Gasteiger partial charge in [-0.1, -0.05) is 140 Å². The molecule has 57 heavy (non-hydrogen) atoms. The van der Waals surface area contributed by atoms with Crippen molar-refractivity contribution >= 4 is 72.6 Å². The van der Waals surface area contributed by atoms with E-state index in [1.807, 2.05) is 18.5 Å². The van der Waals surface area contributed by atoms with Gasteiger partial charge in [0.25, 0.3) is 0 Å². The lowest BCUT2D eigenvalue weighted by Gasteiger charge is -2.35. The van der Waals surface area contributed by atoms with Crippen molar-refractivity contribution in [3.63, 3.8) is 0 Å². The second kappa shape index (κ2) is 13.4. The molecule has 11 rings (SSSR count). The highest BCUT2D eigenvalue weighted by Gasteiger charge is 2.42. The van der Waals surface area contributed by atoms with E-state index in [4.69, 9.17) is 9.97 Å². The van der Waals surface area contributed by atoms with Gasteiger partial charge in [-0.3, -0.25) is 9.55 Å². The molecule has 0 saturated carbocycles. The van der Waals surface area contributed by atoms with E-state index in [0.717, 1.165) is 39.2 Å². The van der Waals surface area contributed by atoms with Gasteiger partial charge in [-0.15, -0.1) is 0 Å². The van der Waals surface area contributed by atoms with Crippen LogP contribution in [0.2, 0.25) is 0 Å². The molecule has 0 spiro atoms. The van der Waals surface area contributed by atoms with Crippen molar-refractivity contribution in [2.45, 2.75) is 0 Å². The summed E-state index contributed by atoms with van der Waals surface area (Å²) in [6.07, 6.45) is 3.79. The van der Waals surface area contributed by atoms with Crippen LogP contribution in [0.1, 0.15) is 0 Å². The molecule has 0 amide bonds. The summed E-state index contributed by atoms with van der Waals surface area (Å²) in [4.78, 5) is 9.88. The largest absolute Gasteiger partial charge is 0.309 e. The van der Waals surface area contributed by atoms with Crippen LogP contribution in [0.4, 0.5) is 0 Å². The molecule has 0 bridgehead atoms. The molecule has 0 saturated heterocycles. The summed E-state index contributed by atoms with van der Waals surface area (Å²) < 4.78 is 4.77. The van der Waals surface area contributed by atoms with E-state index < -0.39 is 8.07 Å². The Morgan fingerprint density at radius 3 is 1.65 bits per heavy atom. The van der Waals surface area contributed by atoms with Gasteiger partial charge in [0.15, 0.2) is 8.07 Å². The van der Waals surface area contributed by atoms with Gasteiger partial charge in [-0.05, 0) is 87.5 Å². The Morgan fingerprint density at radius 1 is 0.351 bits per heavy atom. The van der Waals surface area contributed by atoms with Crippen LogP contribution in [0, 0.1) is 0 Å². The Hall–Kier alpha value is -7.34. The first-order valence-electron chi connectivity index (χ1n) is 19.4. The molecule has 7 aromatic carbocycles. The number of para-hydroxylation sites is 2. The zero-order valence-corrected chi connectivity index (χ0v) is 32.1. The molecule has 0 aliphatic rings. The molecule has 268 valence electrons. The first-order valence-corrected chi connectivity index (χ1v) is 21.4. The number of aromatic nitrogens is 4. The maximum atomic E-state index is 5.12. The average Bonchev–Trinajstić information content (AvgIpc) is 3.81. The lowest BCUT2D eigenvalue weighted by Crippen LogP contribution is -2.74. The minimum atomic E-state index is -2.92. The average molecular weight is 745 g/mol. The summed E-state index contributed by atoms with van der Waals surface area (Å²) in [6.45, 7) is 0. The Kier molecular flexibility index (Phi) is 7.79. The van der Waals surface area contributed by atoms with Crippen LogP contribution in [0.25, 0.3) is 66.4 Å². The maximum Gasteiger partial charge on any atom is 0.179 e. The summed E-state index contributed by atoms with van der Waals surface area (Å²) in [6, 6.07) is 75.0. The first kappa shape index (κ1) is 33.0. The van der Waals surface area contributed by atoms with Gasteiger partial charge in [-0.2, -0.15) is 0 Å². The quantitative estimate of drug-likeness (QED) is 0.120. The summed E-state index contributed by atoms with van der Waals surface area (Å²) in [5.41, 5.74) is 8.75. The third-order valence-corrected chi connectivity index (χ3v) is 16.3. The highest BCUT2D eigenvalue weighted by molar-refractivity contribution is 7.20. The van der Waals surface area contributed by atoms with Crippen molar-refractivity contribution in [1.29, 1.82) is 0 Å². The highest BCUT2D eigenvalue weighted by Crippen LogP contribution is 2.41. The van der Waals surface area contributed by atoms with E-state index in [0.29, 0.717) is 0 Å². The van der Waals surface area contributed by atoms with Crippen LogP contribution in [-0.4, -0.2) is 27.2 Å². The Labute approximate surface area is 331 Å². The van der Waals surface area contributed by atoms with E-state index in [9.17, 15) is 0 Å². The van der Waals surface area contributed by atoms with Crippen LogP contribution < -0.4 is 20.7 Å². The molecule has 11 aromatic rings. The second-order valence-corrected chi connectivity index (χ2v) is 18.4. The van der Waals surface area contributed by atoms with Crippen molar-refractivity contribution in [2.75, 3.05) is 0 Å². The van der Waals surface area contributed by atoms with Crippen molar-refractivity contribution in [2.24, 2.45) is 0 Å². The number of rotatable bonds is 7. The number of fused-ring (bicyclic) bond motifs is 7. The fraction of sp³-hybridized carbons (Fsp3) is 0. The molecule has 0 fully saturated rings.